The Balaban J connectivity index is 2.06. The second-order valence-corrected chi connectivity index (χ2v) is 6.77. The van der Waals surface area contributed by atoms with Gasteiger partial charge in [0, 0.05) is 25.8 Å². The molecule has 0 aliphatic carbocycles. The molecule has 1 atom stereocenters. The maximum Gasteiger partial charge on any atom is 0.260 e. The molecule has 20 heavy (non-hydrogen) atoms. The Hall–Kier alpha value is -1.18. The van der Waals surface area contributed by atoms with Crippen LogP contribution in [0.15, 0.2) is 23.4 Å². The summed E-state index contributed by atoms with van der Waals surface area (Å²) in [5.74, 6) is 0. The lowest BCUT2D eigenvalue weighted by molar-refractivity contribution is 0.312. The van der Waals surface area contributed by atoms with Crippen LogP contribution in [0.5, 0.6) is 0 Å². The predicted octanol–water partition coefficient (Wildman–Crippen LogP) is 0.886. The minimum atomic E-state index is -3.59. The Morgan fingerprint density at radius 2 is 2.10 bits per heavy atom. The number of sulfonamides is 1. The fourth-order valence-electron chi connectivity index (χ4n) is 2.51. The van der Waals surface area contributed by atoms with Crippen molar-refractivity contribution in [2.24, 2.45) is 0 Å². The Kier molecular flexibility index (Phi) is 4.95. The fraction of sp³-hybridized carbons (Fsp3) is 0.615. The molecule has 6 nitrogen and oxygen atoms in total. The van der Waals surface area contributed by atoms with Gasteiger partial charge in [-0.25, -0.2) is 18.1 Å². The molecule has 0 radical (unpaired) electrons. The van der Waals surface area contributed by atoms with Crippen molar-refractivity contribution >= 4 is 15.7 Å². The average molecular weight is 298 g/mol. The Morgan fingerprint density at radius 1 is 1.40 bits per heavy atom. The number of hydrogen-bond donors (Lipinski definition) is 2. The molecule has 1 saturated heterocycles. The van der Waals surface area contributed by atoms with Crippen LogP contribution in [0, 0.1) is 0 Å². The summed E-state index contributed by atoms with van der Waals surface area (Å²) in [5, 5.41) is 2.91. The zero-order chi connectivity index (χ0) is 14.6. The molecule has 0 bridgehead atoms. The molecule has 1 aliphatic rings. The van der Waals surface area contributed by atoms with E-state index in [4.69, 9.17) is 0 Å². The van der Waals surface area contributed by atoms with Gasteiger partial charge in [0.25, 0.3) is 10.0 Å². The van der Waals surface area contributed by atoms with E-state index in [1.165, 1.54) is 19.0 Å². The van der Waals surface area contributed by atoms with E-state index in [1.54, 1.807) is 19.2 Å². The first kappa shape index (κ1) is 15.2. The van der Waals surface area contributed by atoms with Crippen LogP contribution in [-0.2, 0) is 10.0 Å². The van der Waals surface area contributed by atoms with Gasteiger partial charge in [0.2, 0.25) is 0 Å². The maximum absolute atomic E-state index is 12.4. The molecule has 112 valence electrons. The molecule has 1 fully saturated rings. The van der Waals surface area contributed by atoms with Gasteiger partial charge in [0.15, 0.2) is 5.03 Å². The topological polar surface area (TPSA) is 74.3 Å². The first-order valence-corrected chi connectivity index (χ1v) is 8.38. The lowest BCUT2D eigenvalue weighted by atomic mass is 10.3. The first-order valence-electron chi connectivity index (χ1n) is 6.90. The lowest BCUT2D eigenvalue weighted by Gasteiger charge is -2.21. The summed E-state index contributed by atoms with van der Waals surface area (Å²) < 4.78 is 27.4. The van der Waals surface area contributed by atoms with E-state index in [-0.39, 0.29) is 11.1 Å². The summed E-state index contributed by atoms with van der Waals surface area (Å²) in [6.45, 7) is 4.73. The van der Waals surface area contributed by atoms with E-state index in [2.05, 4.69) is 19.9 Å². The van der Waals surface area contributed by atoms with Crippen LogP contribution in [0.4, 0.5) is 5.69 Å². The second kappa shape index (κ2) is 6.51. The third-order valence-corrected chi connectivity index (χ3v) is 4.93. The van der Waals surface area contributed by atoms with Gasteiger partial charge in [0.05, 0.1) is 5.69 Å². The second-order valence-electron chi connectivity index (χ2n) is 5.14. The molecule has 1 aromatic rings. The quantitative estimate of drug-likeness (QED) is 0.816. The van der Waals surface area contributed by atoms with Crippen LogP contribution in [-0.4, -0.2) is 51.0 Å². The van der Waals surface area contributed by atoms with Crippen LogP contribution < -0.4 is 10.0 Å². The highest BCUT2D eigenvalue weighted by Crippen LogP contribution is 2.17. The molecule has 2 rings (SSSR count). The lowest BCUT2D eigenvalue weighted by Crippen LogP contribution is -2.41. The summed E-state index contributed by atoms with van der Waals surface area (Å²) in [6, 6.07) is 3.27. The van der Waals surface area contributed by atoms with Gasteiger partial charge in [-0.05, 0) is 45.0 Å². The normalized spacial score (nSPS) is 18.1. The van der Waals surface area contributed by atoms with Crippen LogP contribution in [0.1, 0.15) is 19.8 Å². The molecule has 1 unspecified atom stereocenters. The third kappa shape index (κ3) is 3.68. The Bertz CT molecular complexity index is 541. The van der Waals surface area contributed by atoms with E-state index >= 15 is 0 Å². The number of pyridine rings is 1. The molecule has 0 spiro atoms. The van der Waals surface area contributed by atoms with Gasteiger partial charge in [0.1, 0.15) is 0 Å². The zero-order valence-corrected chi connectivity index (χ0v) is 12.8. The van der Waals surface area contributed by atoms with E-state index < -0.39 is 10.0 Å². The minimum Gasteiger partial charge on any atom is -0.386 e. The molecule has 0 aromatic carbocycles. The monoisotopic (exact) mass is 298 g/mol. The Morgan fingerprint density at radius 3 is 2.75 bits per heavy atom. The molecular weight excluding hydrogens is 276 g/mol. The van der Waals surface area contributed by atoms with Crippen molar-refractivity contribution in [3.05, 3.63) is 18.3 Å². The van der Waals surface area contributed by atoms with E-state index in [0.29, 0.717) is 5.69 Å². The first-order chi connectivity index (χ1) is 9.53. The summed E-state index contributed by atoms with van der Waals surface area (Å²) in [7, 11) is -1.91. The smallest absolute Gasteiger partial charge is 0.260 e. The fourth-order valence-corrected chi connectivity index (χ4v) is 3.88. The summed E-state index contributed by atoms with van der Waals surface area (Å²) in [5.41, 5.74) is 0.508. The summed E-state index contributed by atoms with van der Waals surface area (Å²) in [4.78, 5) is 6.26. The SMILES string of the molecule is CNc1cccnc1S(=O)(=O)NC(C)CN1CCCC1. The molecule has 2 heterocycles. The highest BCUT2D eigenvalue weighted by molar-refractivity contribution is 7.89. The molecule has 2 N–H and O–H groups in total. The zero-order valence-electron chi connectivity index (χ0n) is 12.0. The largest absolute Gasteiger partial charge is 0.386 e. The van der Waals surface area contributed by atoms with E-state index in [1.807, 2.05) is 6.92 Å². The molecular formula is C13H22N4O2S. The highest BCUT2D eigenvalue weighted by atomic mass is 32.2. The number of nitrogens with one attached hydrogen (secondary N) is 2. The van der Waals surface area contributed by atoms with Crippen LogP contribution >= 0.6 is 0 Å². The van der Waals surface area contributed by atoms with Gasteiger partial charge in [-0.1, -0.05) is 0 Å². The minimum absolute atomic E-state index is 0.0516. The van der Waals surface area contributed by atoms with Crippen molar-refractivity contribution in [2.45, 2.75) is 30.8 Å². The highest BCUT2D eigenvalue weighted by Gasteiger charge is 2.23. The van der Waals surface area contributed by atoms with Gasteiger partial charge >= 0.3 is 0 Å². The van der Waals surface area contributed by atoms with Gasteiger partial charge in [-0.15, -0.1) is 0 Å². The van der Waals surface area contributed by atoms with Crippen molar-refractivity contribution in [1.29, 1.82) is 0 Å². The molecule has 7 heteroatoms. The van der Waals surface area contributed by atoms with Gasteiger partial charge in [-0.3, -0.25) is 0 Å². The number of likely N-dealkylation sites (tertiary alicyclic amines) is 1. The van der Waals surface area contributed by atoms with Crippen LogP contribution in [0.25, 0.3) is 0 Å². The van der Waals surface area contributed by atoms with Crippen molar-refractivity contribution < 1.29 is 8.42 Å². The molecule has 0 saturated carbocycles. The number of nitrogens with zero attached hydrogens (tertiary/aromatic N) is 2. The van der Waals surface area contributed by atoms with Gasteiger partial charge in [-0.2, -0.15) is 0 Å². The summed E-state index contributed by atoms with van der Waals surface area (Å²) >= 11 is 0. The molecule has 1 aromatic heterocycles. The van der Waals surface area contributed by atoms with Crippen LogP contribution in [0.3, 0.4) is 0 Å². The van der Waals surface area contributed by atoms with Crippen molar-refractivity contribution in [3.8, 4) is 0 Å². The van der Waals surface area contributed by atoms with Crippen molar-refractivity contribution in [2.75, 3.05) is 32.0 Å². The third-order valence-electron chi connectivity index (χ3n) is 3.38. The molecule has 1 aliphatic heterocycles. The predicted molar refractivity (Wildman–Crippen MR) is 79.2 cm³/mol. The number of anilines is 1. The molecule has 0 amide bonds. The number of hydrogen-bond acceptors (Lipinski definition) is 5. The number of aromatic nitrogens is 1. The van der Waals surface area contributed by atoms with Gasteiger partial charge < -0.3 is 10.2 Å². The van der Waals surface area contributed by atoms with Crippen LogP contribution in [0.2, 0.25) is 0 Å². The maximum atomic E-state index is 12.4. The Labute approximate surface area is 120 Å². The summed E-state index contributed by atoms with van der Waals surface area (Å²) in [6.07, 6.45) is 3.88. The standard InChI is InChI=1S/C13H22N4O2S/c1-11(10-17-8-3-4-9-17)16-20(18,19)13-12(14-2)6-5-7-15-13/h5-7,11,14,16H,3-4,8-10H2,1-2H3. The number of rotatable bonds is 6. The van der Waals surface area contributed by atoms with E-state index in [0.717, 1.165) is 19.6 Å². The van der Waals surface area contributed by atoms with E-state index in [9.17, 15) is 8.42 Å². The average Bonchev–Trinajstić information content (AvgIpc) is 2.90. The van der Waals surface area contributed by atoms with Crippen molar-refractivity contribution in [1.82, 2.24) is 14.6 Å². The van der Waals surface area contributed by atoms with Crippen molar-refractivity contribution in [3.63, 3.8) is 0 Å².